The number of carbonyl (C=O) groups is 4. The minimum absolute atomic E-state index is 0.149. The largest absolute Gasteiger partial charge is 0.463 e. The Morgan fingerprint density at radius 3 is 2.46 bits per heavy atom. The van der Waals surface area contributed by atoms with Crippen LogP contribution in [-0.2, 0) is 28.6 Å². The van der Waals surface area contributed by atoms with Crippen LogP contribution in [0.3, 0.4) is 0 Å². The van der Waals surface area contributed by atoms with Gasteiger partial charge in [-0.15, -0.1) is 0 Å². The molecule has 3 atom stereocenters. The summed E-state index contributed by atoms with van der Waals surface area (Å²) in [5.74, 6) is -1.48. The summed E-state index contributed by atoms with van der Waals surface area (Å²) < 4.78 is 15.6. The summed E-state index contributed by atoms with van der Waals surface area (Å²) in [5.41, 5.74) is -1.49. The van der Waals surface area contributed by atoms with Gasteiger partial charge in [-0.25, -0.2) is 14.4 Å². The fourth-order valence-electron chi connectivity index (χ4n) is 3.69. The third-order valence-electron chi connectivity index (χ3n) is 5.01. The molecule has 0 unspecified atom stereocenters. The monoisotopic (exact) mass is 395 g/mol. The Morgan fingerprint density at radius 1 is 1.29 bits per heavy atom. The molecule has 8 nitrogen and oxygen atoms in total. The average molecular weight is 395 g/mol. The van der Waals surface area contributed by atoms with E-state index in [0.717, 1.165) is 0 Å². The van der Waals surface area contributed by atoms with Gasteiger partial charge in [-0.3, -0.25) is 9.69 Å². The second-order valence-electron chi connectivity index (χ2n) is 8.16. The van der Waals surface area contributed by atoms with Gasteiger partial charge < -0.3 is 14.2 Å². The molecule has 1 saturated heterocycles. The quantitative estimate of drug-likeness (QED) is 0.521. The van der Waals surface area contributed by atoms with E-state index in [1.165, 1.54) is 18.7 Å². The van der Waals surface area contributed by atoms with Crippen molar-refractivity contribution in [2.45, 2.75) is 84.1 Å². The second-order valence-corrected chi connectivity index (χ2v) is 8.16. The number of amides is 1. The van der Waals surface area contributed by atoms with Gasteiger partial charge in [0.25, 0.3) is 0 Å². The lowest BCUT2D eigenvalue weighted by atomic mass is 9.86. The zero-order chi connectivity index (χ0) is 21.3. The van der Waals surface area contributed by atoms with E-state index in [0.29, 0.717) is 12.8 Å². The van der Waals surface area contributed by atoms with Crippen molar-refractivity contribution < 1.29 is 33.4 Å². The van der Waals surface area contributed by atoms with Crippen LogP contribution in [-0.4, -0.2) is 58.6 Å². The Kier molecular flexibility index (Phi) is 6.21. The number of rotatable bonds is 5. The van der Waals surface area contributed by atoms with Gasteiger partial charge in [0.2, 0.25) is 0 Å². The molecule has 2 aliphatic rings. The second kappa shape index (κ2) is 7.93. The predicted molar refractivity (Wildman–Crippen MR) is 99.4 cm³/mol. The van der Waals surface area contributed by atoms with E-state index >= 15 is 0 Å². The fourth-order valence-corrected chi connectivity index (χ4v) is 3.69. The number of ether oxygens (including phenoxy) is 3. The molecular weight excluding hydrogens is 366 g/mol. The first-order valence-corrected chi connectivity index (χ1v) is 9.54. The zero-order valence-corrected chi connectivity index (χ0v) is 17.4. The van der Waals surface area contributed by atoms with Crippen LogP contribution < -0.4 is 0 Å². The highest BCUT2D eigenvalue weighted by molar-refractivity contribution is 5.97. The molecule has 1 amide bonds. The van der Waals surface area contributed by atoms with E-state index in [1.54, 1.807) is 33.8 Å². The molecule has 156 valence electrons. The molecule has 0 radical (unpaired) electrons. The lowest BCUT2D eigenvalue weighted by Gasteiger charge is -2.42. The molecule has 0 spiro atoms. The maximum Gasteiger partial charge on any atom is 0.411 e. The minimum atomic E-state index is -1.07. The summed E-state index contributed by atoms with van der Waals surface area (Å²) in [6.45, 7) is 9.93. The van der Waals surface area contributed by atoms with Crippen LogP contribution >= 0.6 is 0 Å². The van der Waals surface area contributed by atoms with Crippen molar-refractivity contribution in [2.24, 2.45) is 0 Å². The van der Waals surface area contributed by atoms with E-state index in [2.05, 4.69) is 0 Å². The van der Waals surface area contributed by atoms with E-state index < -0.39 is 41.3 Å². The van der Waals surface area contributed by atoms with Gasteiger partial charge in [-0.05, 0) is 60.8 Å². The van der Waals surface area contributed by atoms with Crippen LogP contribution in [0.1, 0.15) is 60.8 Å². The van der Waals surface area contributed by atoms with Crippen molar-refractivity contribution in [3.05, 3.63) is 11.6 Å². The van der Waals surface area contributed by atoms with Gasteiger partial charge in [0.15, 0.2) is 11.9 Å². The minimum Gasteiger partial charge on any atom is -0.463 e. The predicted octanol–water partition coefficient (Wildman–Crippen LogP) is 2.54. The number of fused-ring (bicyclic) bond motifs is 2. The Morgan fingerprint density at radius 2 is 1.93 bits per heavy atom. The molecule has 2 heterocycles. The first-order chi connectivity index (χ1) is 12.9. The summed E-state index contributed by atoms with van der Waals surface area (Å²) in [5, 5.41) is 0. The topological polar surface area (TPSA) is 99.2 Å². The van der Waals surface area contributed by atoms with Crippen LogP contribution in [0.5, 0.6) is 0 Å². The van der Waals surface area contributed by atoms with Gasteiger partial charge in [0, 0.05) is 0 Å². The van der Waals surface area contributed by atoms with Crippen molar-refractivity contribution in [1.29, 1.82) is 0 Å². The summed E-state index contributed by atoms with van der Waals surface area (Å²) in [4.78, 5) is 51.1. The normalized spacial score (nSPS) is 24.9. The third-order valence-corrected chi connectivity index (χ3v) is 5.01. The Labute approximate surface area is 165 Å². The molecule has 1 fully saturated rings. The first-order valence-electron chi connectivity index (χ1n) is 9.54. The van der Waals surface area contributed by atoms with Gasteiger partial charge in [-0.1, -0.05) is 6.08 Å². The van der Waals surface area contributed by atoms with Gasteiger partial charge in [0.1, 0.15) is 11.1 Å². The number of carbonyl (C=O) groups excluding carboxylic acids is 4. The lowest BCUT2D eigenvalue weighted by Crippen LogP contribution is -2.58. The third kappa shape index (κ3) is 4.20. The number of hydrogen-bond donors (Lipinski definition) is 0. The zero-order valence-electron chi connectivity index (χ0n) is 17.4. The molecule has 0 aromatic rings. The summed E-state index contributed by atoms with van der Waals surface area (Å²) >= 11 is 0. The SMILES string of the molecule is CCOC(=O)[C@H](C)OC(=O)C1=CC[C@]2(C(C)=O)CC[C@H]1N2C(=O)OC(C)(C)C. The molecule has 0 aliphatic carbocycles. The van der Waals surface area contributed by atoms with E-state index in [-0.39, 0.29) is 24.4 Å². The highest BCUT2D eigenvalue weighted by Gasteiger charge is 2.57. The lowest BCUT2D eigenvalue weighted by molar-refractivity contribution is -0.164. The number of ketones is 1. The van der Waals surface area contributed by atoms with Gasteiger partial charge in [0.05, 0.1) is 18.2 Å². The highest BCUT2D eigenvalue weighted by atomic mass is 16.6. The van der Waals surface area contributed by atoms with Gasteiger partial charge >= 0.3 is 18.0 Å². The van der Waals surface area contributed by atoms with Crippen molar-refractivity contribution in [1.82, 2.24) is 4.90 Å². The van der Waals surface area contributed by atoms with Crippen molar-refractivity contribution in [2.75, 3.05) is 6.61 Å². The average Bonchev–Trinajstić information content (AvgIpc) is 2.84. The number of Topliss-reactive ketones (excluding diaryl/α,β-unsaturated/α-hetero) is 1. The number of esters is 2. The maximum absolute atomic E-state index is 12.9. The van der Waals surface area contributed by atoms with Gasteiger partial charge in [-0.2, -0.15) is 0 Å². The van der Waals surface area contributed by atoms with E-state index in [1.807, 2.05) is 0 Å². The maximum atomic E-state index is 12.9. The summed E-state index contributed by atoms with van der Waals surface area (Å²) in [7, 11) is 0. The molecule has 2 aliphatic heterocycles. The molecule has 8 heteroatoms. The summed E-state index contributed by atoms with van der Waals surface area (Å²) in [6.07, 6.45) is 1.02. The Hall–Kier alpha value is -2.38. The van der Waals surface area contributed by atoms with E-state index in [4.69, 9.17) is 14.2 Å². The molecule has 2 rings (SSSR count). The van der Waals surface area contributed by atoms with Crippen LogP contribution in [0.25, 0.3) is 0 Å². The van der Waals surface area contributed by atoms with Crippen molar-refractivity contribution in [3.8, 4) is 0 Å². The highest BCUT2D eigenvalue weighted by Crippen LogP contribution is 2.45. The Bertz CT molecular complexity index is 706. The molecular formula is C20H29NO7. The molecule has 0 saturated carbocycles. The fraction of sp³-hybridized carbons (Fsp3) is 0.700. The van der Waals surface area contributed by atoms with Crippen LogP contribution in [0.4, 0.5) is 4.79 Å². The Balaban J connectivity index is 2.27. The van der Waals surface area contributed by atoms with E-state index in [9.17, 15) is 19.2 Å². The molecule has 0 aromatic heterocycles. The molecule has 0 aromatic carbocycles. The summed E-state index contributed by atoms with van der Waals surface area (Å²) in [6, 6.07) is -0.630. The van der Waals surface area contributed by atoms with Crippen LogP contribution in [0.2, 0.25) is 0 Å². The number of nitrogens with zero attached hydrogens (tertiary/aromatic N) is 1. The molecule has 0 N–H and O–H groups in total. The van der Waals surface area contributed by atoms with Crippen molar-refractivity contribution in [3.63, 3.8) is 0 Å². The smallest absolute Gasteiger partial charge is 0.411 e. The van der Waals surface area contributed by atoms with Crippen molar-refractivity contribution >= 4 is 23.8 Å². The van der Waals surface area contributed by atoms with Crippen LogP contribution in [0.15, 0.2) is 11.6 Å². The first kappa shape index (κ1) is 21.9. The standard InChI is InChI=1S/C20H29NO7/c1-7-26-16(23)12(2)27-17(24)14-8-10-20(13(3)22)11-9-15(14)21(20)18(25)28-19(4,5)6/h8,12,15H,7,9-11H2,1-6H3/t12-,15+,20+/m0/s1. The van der Waals surface area contributed by atoms with Crippen LogP contribution in [0, 0.1) is 0 Å². The molecule has 2 bridgehead atoms. The molecule has 28 heavy (non-hydrogen) atoms. The number of hydrogen-bond acceptors (Lipinski definition) is 7.